The Balaban J connectivity index is 1.82. The molecule has 0 aliphatic carbocycles. The lowest BCUT2D eigenvalue weighted by Gasteiger charge is -2.31. The summed E-state index contributed by atoms with van der Waals surface area (Å²) >= 11 is 1.79. The molecular weight excluding hydrogens is 254 g/mol. The Bertz CT molecular complexity index is 375. The maximum atomic E-state index is 4.74. The number of piperidine rings is 1. The zero-order valence-electron chi connectivity index (χ0n) is 12.5. The van der Waals surface area contributed by atoms with E-state index in [-0.39, 0.29) is 0 Å². The number of hydrogen-bond donors (Lipinski definition) is 1. The van der Waals surface area contributed by atoms with E-state index in [4.69, 9.17) is 4.98 Å². The van der Waals surface area contributed by atoms with Crippen molar-refractivity contribution in [3.8, 4) is 0 Å². The van der Waals surface area contributed by atoms with Crippen LogP contribution in [-0.2, 0) is 13.1 Å². The predicted molar refractivity (Wildman–Crippen MR) is 82.4 cm³/mol. The van der Waals surface area contributed by atoms with E-state index in [0.717, 1.165) is 19.0 Å². The number of aromatic nitrogens is 1. The van der Waals surface area contributed by atoms with Crippen molar-refractivity contribution in [2.24, 2.45) is 5.92 Å². The van der Waals surface area contributed by atoms with Crippen LogP contribution in [0.3, 0.4) is 0 Å². The van der Waals surface area contributed by atoms with Gasteiger partial charge >= 0.3 is 0 Å². The highest BCUT2D eigenvalue weighted by atomic mass is 32.1. The summed E-state index contributed by atoms with van der Waals surface area (Å²) in [6, 6.07) is 0.528. The second kappa shape index (κ2) is 7.36. The summed E-state index contributed by atoms with van der Waals surface area (Å²) in [5, 5.41) is 6.87. The molecule has 0 aromatic carbocycles. The molecule has 1 saturated heterocycles. The first-order chi connectivity index (χ1) is 9.17. The summed E-state index contributed by atoms with van der Waals surface area (Å²) in [6.45, 7) is 11.1. The molecule has 2 rings (SSSR count). The zero-order valence-corrected chi connectivity index (χ0v) is 13.3. The van der Waals surface area contributed by atoms with Gasteiger partial charge in [-0.25, -0.2) is 4.98 Å². The lowest BCUT2D eigenvalue weighted by Crippen LogP contribution is -2.34. The van der Waals surface area contributed by atoms with Crippen LogP contribution in [0, 0.1) is 5.92 Å². The molecule has 19 heavy (non-hydrogen) atoms. The topological polar surface area (TPSA) is 28.2 Å². The van der Waals surface area contributed by atoms with Gasteiger partial charge in [-0.05, 0) is 25.3 Å². The third kappa shape index (κ3) is 4.86. The molecule has 3 nitrogen and oxygen atoms in total. The monoisotopic (exact) mass is 281 g/mol. The van der Waals surface area contributed by atoms with Crippen LogP contribution < -0.4 is 5.32 Å². The van der Waals surface area contributed by atoms with Crippen molar-refractivity contribution in [1.29, 1.82) is 0 Å². The molecular formula is C15H27N3S. The van der Waals surface area contributed by atoms with E-state index in [9.17, 15) is 0 Å². The first-order valence-electron chi connectivity index (χ1n) is 7.56. The largest absolute Gasteiger partial charge is 0.308 e. The van der Waals surface area contributed by atoms with Gasteiger partial charge in [-0.1, -0.05) is 27.2 Å². The lowest BCUT2D eigenvalue weighted by atomic mass is 9.96. The Morgan fingerprint density at radius 2 is 2.37 bits per heavy atom. The van der Waals surface area contributed by atoms with Gasteiger partial charge in [0.25, 0.3) is 0 Å². The van der Waals surface area contributed by atoms with E-state index in [1.165, 1.54) is 43.1 Å². The maximum Gasteiger partial charge on any atom is 0.107 e. The molecule has 1 aromatic heterocycles. The van der Waals surface area contributed by atoms with E-state index >= 15 is 0 Å². The molecule has 1 aliphatic rings. The minimum atomic E-state index is 0.528. The molecule has 1 aromatic rings. The van der Waals surface area contributed by atoms with Crippen molar-refractivity contribution in [2.45, 2.75) is 59.2 Å². The zero-order chi connectivity index (χ0) is 13.7. The van der Waals surface area contributed by atoms with E-state index < -0.39 is 0 Å². The van der Waals surface area contributed by atoms with Crippen LogP contribution in [0.1, 0.15) is 50.7 Å². The van der Waals surface area contributed by atoms with Crippen molar-refractivity contribution in [3.63, 3.8) is 0 Å². The number of thiazole rings is 1. The van der Waals surface area contributed by atoms with Crippen LogP contribution in [0.5, 0.6) is 0 Å². The van der Waals surface area contributed by atoms with Crippen LogP contribution in [0.4, 0.5) is 0 Å². The predicted octanol–water partition coefficient (Wildman–Crippen LogP) is 3.26. The van der Waals surface area contributed by atoms with Gasteiger partial charge in [0.1, 0.15) is 5.01 Å². The number of likely N-dealkylation sites (tertiary alicyclic amines) is 1. The molecule has 108 valence electrons. The Hall–Kier alpha value is -0.450. The quantitative estimate of drug-likeness (QED) is 0.867. The highest BCUT2D eigenvalue weighted by Gasteiger charge is 2.19. The minimum Gasteiger partial charge on any atom is -0.308 e. The van der Waals surface area contributed by atoms with Gasteiger partial charge in [-0.15, -0.1) is 11.3 Å². The van der Waals surface area contributed by atoms with Gasteiger partial charge in [-0.3, -0.25) is 4.90 Å². The van der Waals surface area contributed by atoms with Crippen molar-refractivity contribution in [3.05, 3.63) is 16.1 Å². The van der Waals surface area contributed by atoms with Crippen molar-refractivity contribution < 1.29 is 0 Å². The van der Waals surface area contributed by atoms with E-state index in [2.05, 4.69) is 36.4 Å². The fourth-order valence-corrected chi connectivity index (χ4v) is 3.39. The third-order valence-electron chi connectivity index (χ3n) is 3.83. The van der Waals surface area contributed by atoms with Crippen LogP contribution in [-0.4, -0.2) is 29.0 Å². The fourth-order valence-electron chi connectivity index (χ4n) is 2.65. The Kier molecular flexibility index (Phi) is 5.79. The second-order valence-corrected chi connectivity index (χ2v) is 6.86. The van der Waals surface area contributed by atoms with E-state index in [1.54, 1.807) is 11.3 Å². The smallest absolute Gasteiger partial charge is 0.107 e. The summed E-state index contributed by atoms with van der Waals surface area (Å²) in [5.41, 5.74) is 1.25. The lowest BCUT2D eigenvalue weighted by molar-refractivity contribution is 0.163. The van der Waals surface area contributed by atoms with E-state index in [1.807, 2.05) is 0 Å². The van der Waals surface area contributed by atoms with Gasteiger partial charge < -0.3 is 5.32 Å². The van der Waals surface area contributed by atoms with Crippen molar-refractivity contribution >= 4 is 11.3 Å². The molecule has 2 heterocycles. The number of rotatable bonds is 6. The highest BCUT2D eigenvalue weighted by molar-refractivity contribution is 7.09. The Labute approximate surface area is 121 Å². The molecule has 0 saturated carbocycles. The molecule has 1 N–H and O–H groups in total. The summed E-state index contributed by atoms with van der Waals surface area (Å²) in [6.07, 6.45) is 4.08. The highest BCUT2D eigenvalue weighted by Crippen LogP contribution is 2.21. The van der Waals surface area contributed by atoms with Crippen LogP contribution in [0.2, 0.25) is 0 Å². The van der Waals surface area contributed by atoms with E-state index in [0.29, 0.717) is 6.04 Å². The summed E-state index contributed by atoms with van der Waals surface area (Å²) < 4.78 is 0. The van der Waals surface area contributed by atoms with Gasteiger partial charge in [-0.2, -0.15) is 0 Å². The summed E-state index contributed by atoms with van der Waals surface area (Å²) in [7, 11) is 0. The van der Waals surface area contributed by atoms with Gasteiger partial charge in [0, 0.05) is 31.1 Å². The van der Waals surface area contributed by atoms with Crippen LogP contribution in [0.15, 0.2) is 5.38 Å². The first-order valence-corrected chi connectivity index (χ1v) is 8.44. The molecule has 0 amide bonds. The third-order valence-corrected chi connectivity index (χ3v) is 4.72. The molecule has 1 aliphatic heterocycles. The Morgan fingerprint density at radius 1 is 1.53 bits per heavy atom. The molecule has 0 radical (unpaired) electrons. The number of nitrogens with one attached hydrogen (secondary N) is 1. The molecule has 1 fully saturated rings. The average molecular weight is 281 g/mol. The minimum absolute atomic E-state index is 0.528. The Morgan fingerprint density at radius 3 is 3.11 bits per heavy atom. The number of hydrogen-bond acceptors (Lipinski definition) is 4. The average Bonchev–Trinajstić information content (AvgIpc) is 2.84. The van der Waals surface area contributed by atoms with Gasteiger partial charge in [0.2, 0.25) is 0 Å². The standard InChI is InChI=1S/C15H27N3S/c1-4-13-6-5-7-18(9-13)10-14-11-19-15(17-14)8-16-12(2)3/h11-13,16H,4-10H2,1-3H3. The van der Waals surface area contributed by atoms with Crippen LogP contribution >= 0.6 is 11.3 Å². The maximum absolute atomic E-state index is 4.74. The molecule has 0 bridgehead atoms. The molecule has 0 spiro atoms. The molecule has 1 unspecified atom stereocenters. The fraction of sp³-hybridized carbons (Fsp3) is 0.800. The summed E-state index contributed by atoms with van der Waals surface area (Å²) in [5.74, 6) is 0.898. The first kappa shape index (κ1) is 14.9. The van der Waals surface area contributed by atoms with Crippen molar-refractivity contribution in [2.75, 3.05) is 13.1 Å². The second-order valence-electron chi connectivity index (χ2n) is 5.92. The summed E-state index contributed by atoms with van der Waals surface area (Å²) in [4.78, 5) is 7.32. The van der Waals surface area contributed by atoms with Gasteiger partial charge in [0.15, 0.2) is 0 Å². The van der Waals surface area contributed by atoms with Gasteiger partial charge in [0.05, 0.1) is 5.69 Å². The van der Waals surface area contributed by atoms with Crippen LogP contribution in [0.25, 0.3) is 0 Å². The molecule has 1 atom stereocenters. The van der Waals surface area contributed by atoms with Crippen molar-refractivity contribution in [1.82, 2.24) is 15.2 Å². The molecule has 4 heteroatoms. The normalized spacial score (nSPS) is 21.2. The SMILES string of the molecule is CCC1CCCN(Cc2csc(CNC(C)C)n2)C1. The number of nitrogens with zero attached hydrogens (tertiary/aromatic N) is 2.